The van der Waals surface area contributed by atoms with E-state index in [1.54, 1.807) is 0 Å². The number of likely N-dealkylation sites (tertiary alicyclic amines) is 2. The molecule has 3 aliphatic heterocycles. The molecule has 0 aromatic rings. The van der Waals surface area contributed by atoms with Crippen molar-refractivity contribution in [3.8, 4) is 0 Å². The number of rotatable bonds is 2. The minimum atomic E-state index is 0.466. The van der Waals surface area contributed by atoms with E-state index in [1.165, 1.54) is 64.6 Å². The van der Waals surface area contributed by atoms with Crippen molar-refractivity contribution in [1.29, 1.82) is 0 Å². The van der Waals surface area contributed by atoms with E-state index in [4.69, 9.17) is 0 Å². The minimum absolute atomic E-state index is 0.466. The Hall–Kier alpha value is -0.610. The van der Waals surface area contributed by atoms with Gasteiger partial charge in [0.25, 0.3) is 0 Å². The summed E-state index contributed by atoms with van der Waals surface area (Å²) in [6.45, 7) is 4.73. The molecule has 4 nitrogen and oxygen atoms in total. The molecule has 118 valence electrons. The zero-order valence-corrected chi connectivity index (χ0v) is 13.1. The van der Waals surface area contributed by atoms with Crippen molar-refractivity contribution in [3.63, 3.8) is 0 Å². The van der Waals surface area contributed by atoms with Gasteiger partial charge < -0.3 is 10.2 Å². The standard InChI is InChI=1S/C17H29N3O/c21-17-11-13-3-1-2-4-16(13)20(17)14-6-9-19(10-7-14)15-5-8-18-12-15/h13-16,18H,1-12H2. The molecule has 0 aromatic carbocycles. The van der Waals surface area contributed by atoms with Crippen molar-refractivity contribution < 1.29 is 4.79 Å². The van der Waals surface area contributed by atoms with E-state index in [2.05, 4.69) is 15.1 Å². The van der Waals surface area contributed by atoms with Gasteiger partial charge >= 0.3 is 0 Å². The van der Waals surface area contributed by atoms with Crippen molar-refractivity contribution in [2.24, 2.45) is 5.92 Å². The fourth-order valence-electron chi connectivity index (χ4n) is 5.26. The number of nitrogens with zero attached hydrogens (tertiary/aromatic N) is 2. The van der Waals surface area contributed by atoms with Gasteiger partial charge in [0, 0.05) is 44.2 Å². The maximum Gasteiger partial charge on any atom is 0.223 e. The summed E-state index contributed by atoms with van der Waals surface area (Å²) in [7, 11) is 0. The van der Waals surface area contributed by atoms with E-state index in [0.29, 0.717) is 23.9 Å². The van der Waals surface area contributed by atoms with Crippen LogP contribution in [-0.2, 0) is 4.79 Å². The number of amides is 1. The third-order valence-corrected chi connectivity index (χ3v) is 6.39. The highest BCUT2D eigenvalue weighted by atomic mass is 16.2. The average molecular weight is 291 g/mol. The number of hydrogen-bond acceptors (Lipinski definition) is 3. The quantitative estimate of drug-likeness (QED) is 0.839. The van der Waals surface area contributed by atoms with Gasteiger partial charge in [0.05, 0.1) is 0 Å². The number of hydrogen-bond donors (Lipinski definition) is 1. The minimum Gasteiger partial charge on any atom is -0.336 e. The molecule has 3 saturated heterocycles. The number of carbonyl (C=O) groups is 1. The Morgan fingerprint density at radius 2 is 1.76 bits per heavy atom. The summed E-state index contributed by atoms with van der Waals surface area (Å²) in [5.74, 6) is 1.15. The molecule has 0 aromatic heterocycles. The summed E-state index contributed by atoms with van der Waals surface area (Å²) < 4.78 is 0. The molecule has 21 heavy (non-hydrogen) atoms. The molecule has 1 saturated carbocycles. The van der Waals surface area contributed by atoms with Crippen molar-refractivity contribution in [2.75, 3.05) is 26.2 Å². The van der Waals surface area contributed by atoms with E-state index < -0.39 is 0 Å². The normalized spacial score (nSPS) is 39.0. The van der Waals surface area contributed by atoms with Gasteiger partial charge in [-0.05, 0) is 44.6 Å². The van der Waals surface area contributed by atoms with Crippen LogP contribution in [0, 0.1) is 5.92 Å². The van der Waals surface area contributed by atoms with Crippen LogP contribution in [0.4, 0.5) is 0 Å². The summed E-state index contributed by atoms with van der Waals surface area (Å²) in [5, 5.41) is 3.47. The van der Waals surface area contributed by atoms with Crippen molar-refractivity contribution in [1.82, 2.24) is 15.1 Å². The molecular formula is C17H29N3O. The molecule has 4 rings (SSSR count). The Morgan fingerprint density at radius 1 is 0.952 bits per heavy atom. The van der Waals surface area contributed by atoms with E-state index in [1.807, 2.05) is 0 Å². The van der Waals surface area contributed by atoms with Crippen LogP contribution in [0.25, 0.3) is 0 Å². The maximum absolute atomic E-state index is 12.5. The number of carbonyl (C=O) groups excluding carboxylic acids is 1. The molecule has 3 atom stereocenters. The molecule has 3 unspecified atom stereocenters. The van der Waals surface area contributed by atoms with Crippen LogP contribution >= 0.6 is 0 Å². The number of nitrogens with one attached hydrogen (secondary N) is 1. The summed E-state index contributed by atoms with van der Waals surface area (Å²) >= 11 is 0. The molecule has 1 N–H and O–H groups in total. The topological polar surface area (TPSA) is 35.6 Å². The highest BCUT2D eigenvalue weighted by molar-refractivity contribution is 5.79. The van der Waals surface area contributed by atoms with Gasteiger partial charge in [-0.25, -0.2) is 0 Å². The third-order valence-electron chi connectivity index (χ3n) is 6.39. The second-order valence-corrected chi connectivity index (χ2v) is 7.53. The van der Waals surface area contributed by atoms with E-state index in [9.17, 15) is 4.79 Å². The first-order chi connectivity index (χ1) is 10.3. The molecule has 1 aliphatic carbocycles. The second-order valence-electron chi connectivity index (χ2n) is 7.53. The predicted octanol–water partition coefficient (Wildman–Crippen LogP) is 1.60. The van der Waals surface area contributed by atoms with Crippen LogP contribution in [-0.4, -0.2) is 60.0 Å². The third kappa shape index (κ3) is 2.61. The smallest absolute Gasteiger partial charge is 0.223 e. The maximum atomic E-state index is 12.5. The Balaban J connectivity index is 1.37. The Kier molecular flexibility index (Phi) is 3.92. The lowest BCUT2D eigenvalue weighted by Crippen LogP contribution is -2.51. The van der Waals surface area contributed by atoms with Crippen LogP contribution in [0.2, 0.25) is 0 Å². The van der Waals surface area contributed by atoms with E-state index in [-0.39, 0.29) is 0 Å². The molecular weight excluding hydrogens is 262 g/mol. The fraction of sp³-hybridized carbons (Fsp3) is 0.941. The van der Waals surface area contributed by atoms with Gasteiger partial charge in [-0.3, -0.25) is 9.69 Å². The molecule has 4 fully saturated rings. The number of fused-ring (bicyclic) bond motifs is 1. The van der Waals surface area contributed by atoms with Crippen molar-refractivity contribution >= 4 is 5.91 Å². The Bertz CT molecular complexity index is 385. The largest absolute Gasteiger partial charge is 0.336 e. The van der Waals surface area contributed by atoms with Crippen molar-refractivity contribution in [3.05, 3.63) is 0 Å². The fourth-order valence-corrected chi connectivity index (χ4v) is 5.26. The van der Waals surface area contributed by atoms with Crippen molar-refractivity contribution in [2.45, 2.75) is 69.5 Å². The highest BCUT2D eigenvalue weighted by Gasteiger charge is 2.44. The molecule has 4 heteroatoms. The predicted molar refractivity (Wildman–Crippen MR) is 83.1 cm³/mol. The molecule has 0 bridgehead atoms. The van der Waals surface area contributed by atoms with E-state index >= 15 is 0 Å². The zero-order valence-electron chi connectivity index (χ0n) is 13.1. The summed E-state index contributed by atoms with van der Waals surface area (Å²) in [6.07, 6.45) is 9.78. The van der Waals surface area contributed by atoms with Gasteiger partial charge in [0.15, 0.2) is 0 Å². The SMILES string of the molecule is O=C1CC2CCCCC2N1C1CCN(C2CCNC2)CC1. The van der Waals surface area contributed by atoms with E-state index in [0.717, 1.165) is 19.0 Å². The first-order valence-electron chi connectivity index (χ1n) is 9.09. The lowest BCUT2D eigenvalue weighted by molar-refractivity contribution is -0.132. The first-order valence-corrected chi connectivity index (χ1v) is 9.09. The van der Waals surface area contributed by atoms with Gasteiger partial charge in [0.1, 0.15) is 0 Å². The highest BCUT2D eigenvalue weighted by Crippen LogP contribution is 2.39. The van der Waals surface area contributed by atoms with Crippen LogP contribution in [0.5, 0.6) is 0 Å². The van der Waals surface area contributed by atoms with Gasteiger partial charge in [0.2, 0.25) is 5.91 Å². The zero-order chi connectivity index (χ0) is 14.2. The molecule has 4 aliphatic rings. The lowest BCUT2D eigenvalue weighted by Gasteiger charge is -2.42. The summed E-state index contributed by atoms with van der Waals surface area (Å²) in [5.41, 5.74) is 0. The Morgan fingerprint density at radius 3 is 2.52 bits per heavy atom. The molecule has 0 spiro atoms. The Labute approximate surface area is 128 Å². The van der Waals surface area contributed by atoms with Crippen LogP contribution in [0.1, 0.15) is 51.4 Å². The van der Waals surface area contributed by atoms with Gasteiger partial charge in [-0.15, -0.1) is 0 Å². The van der Waals surface area contributed by atoms with Crippen LogP contribution < -0.4 is 5.32 Å². The first kappa shape index (κ1) is 14.0. The number of piperidine rings is 1. The lowest BCUT2D eigenvalue weighted by atomic mass is 9.84. The monoisotopic (exact) mass is 291 g/mol. The average Bonchev–Trinajstić information content (AvgIpc) is 3.14. The molecule has 3 heterocycles. The summed E-state index contributed by atoms with van der Waals surface area (Å²) in [4.78, 5) is 17.5. The van der Waals surface area contributed by atoms with Gasteiger partial charge in [-0.2, -0.15) is 0 Å². The van der Waals surface area contributed by atoms with Crippen LogP contribution in [0.3, 0.4) is 0 Å². The summed E-state index contributed by atoms with van der Waals surface area (Å²) in [6, 6.07) is 1.88. The van der Waals surface area contributed by atoms with Crippen LogP contribution in [0.15, 0.2) is 0 Å². The van der Waals surface area contributed by atoms with Gasteiger partial charge in [-0.1, -0.05) is 12.8 Å². The molecule has 1 amide bonds. The second kappa shape index (κ2) is 5.88. The molecule has 0 radical (unpaired) electrons.